The fraction of sp³-hybridized carbons (Fsp3) is 0. The number of aromatic nitrogens is 4. The lowest BCUT2D eigenvalue weighted by atomic mass is 10.6. The van der Waals surface area contributed by atoms with Gasteiger partial charge in [-0.3, -0.25) is 0 Å². The smallest absolute Gasteiger partial charge is 0.181 e. The van der Waals surface area contributed by atoms with Gasteiger partial charge in [-0.05, 0) is 6.07 Å². The third-order valence-corrected chi connectivity index (χ3v) is 1.22. The molecule has 0 amide bonds. The van der Waals surface area contributed by atoms with Crippen molar-refractivity contribution in [1.82, 2.24) is 19.7 Å². The summed E-state index contributed by atoms with van der Waals surface area (Å²) < 4.78 is 1.60. The summed E-state index contributed by atoms with van der Waals surface area (Å²) >= 11 is 0. The van der Waals surface area contributed by atoms with Crippen LogP contribution in [0.3, 0.4) is 0 Å². The van der Waals surface area contributed by atoms with E-state index in [1.54, 1.807) is 29.5 Å². The summed E-state index contributed by atoms with van der Waals surface area (Å²) in [5, 5.41) is 3.97. The third kappa shape index (κ3) is 1.10. The molecule has 0 saturated heterocycles. The zero-order valence-electron chi connectivity index (χ0n) is 5.68. The molecule has 1 radical (unpaired) electrons. The van der Waals surface area contributed by atoms with Gasteiger partial charge in [0.1, 0.15) is 6.20 Å². The Balaban J connectivity index is 2.46. The van der Waals surface area contributed by atoms with Gasteiger partial charge in [0, 0.05) is 24.8 Å². The van der Waals surface area contributed by atoms with Crippen molar-refractivity contribution in [2.24, 2.45) is 0 Å². The summed E-state index contributed by atoms with van der Waals surface area (Å²) in [6.45, 7) is 0. The Morgan fingerprint density at radius 3 is 2.91 bits per heavy atom. The van der Waals surface area contributed by atoms with Crippen LogP contribution < -0.4 is 0 Å². The van der Waals surface area contributed by atoms with Crippen molar-refractivity contribution in [2.45, 2.75) is 0 Å². The average molecular weight is 145 g/mol. The Morgan fingerprint density at radius 1 is 1.27 bits per heavy atom. The fourth-order valence-corrected chi connectivity index (χ4v) is 0.766. The molecule has 2 aromatic rings. The van der Waals surface area contributed by atoms with Gasteiger partial charge in [0.2, 0.25) is 0 Å². The maximum absolute atomic E-state index is 4.00. The molecule has 11 heavy (non-hydrogen) atoms. The SMILES string of the molecule is [c]1nccnc1-n1cccn1. The van der Waals surface area contributed by atoms with Gasteiger partial charge in [0.05, 0.1) is 0 Å². The maximum atomic E-state index is 4.00. The molecule has 0 atom stereocenters. The van der Waals surface area contributed by atoms with Crippen LogP contribution in [0.1, 0.15) is 0 Å². The lowest BCUT2D eigenvalue weighted by molar-refractivity contribution is 0.835. The van der Waals surface area contributed by atoms with Crippen LogP contribution >= 0.6 is 0 Å². The Labute approximate surface area is 63.5 Å². The fourth-order valence-electron chi connectivity index (χ4n) is 0.766. The Hall–Kier alpha value is -1.71. The van der Waals surface area contributed by atoms with E-state index < -0.39 is 0 Å². The first-order chi connectivity index (χ1) is 5.47. The van der Waals surface area contributed by atoms with E-state index in [1.807, 2.05) is 6.07 Å². The van der Waals surface area contributed by atoms with Crippen molar-refractivity contribution in [3.8, 4) is 5.82 Å². The van der Waals surface area contributed by atoms with Crippen LogP contribution in [0.2, 0.25) is 0 Å². The van der Waals surface area contributed by atoms with Gasteiger partial charge in [-0.15, -0.1) is 0 Å². The molecule has 0 saturated carbocycles. The monoisotopic (exact) mass is 145 g/mol. The second-order valence-electron chi connectivity index (χ2n) is 1.94. The van der Waals surface area contributed by atoms with Crippen molar-refractivity contribution in [2.75, 3.05) is 0 Å². The van der Waals surface area contributed by atoms with E-state index in [2.05, 4.69) is 21.3 Å². The summed E-state index contributed by atoms with van der Waals surface area (Å²) in [5.74, 6) is 0.609. The first-order valence-electron chi connectivity index (χ1n) is 3.15. The highest BCUT2D eigenvalue weighted by molar-refractivity contribution is 5.12. The number of nitrogens with zero attached hydrogens (tertiary/aromatic N) is 4. The molecule has 0 aromatic carbocycles. The largest absolute Gasteiger partial charge is 0.249 e. The lowest BCUT2D eigenvalue weighted by Crippen LogP contribution is -1.97. The zero-order chi connectivity index (χ0) is 7.52. The molecule has 0 spiro atoms. The van der Waals surface area contributed by atoms with Crippen molar-refractivity contribution in [1.29, 1.82) is 0 Å². The maximum Gasteiger partial charge on any atom is 0.181 e. The molecular weight excluding hydrogens is 140 g/mol. The topological polar surface area (TPSA) is 43.6 Å². The highest BCUT2D eigenvalue weighted by atomic mass is 15.3. The van der Waals surface area contributed by atoms with Gasteiger partial charge in [-0.25, -0.2) is 14.6 Å². The molecule has 53 valence electrons. The summed E-state index contributed by atoms with van der Waals surface area (Å²) in [4.78, 5) is 7.80. The van der Waals surface area contributed by atoms with Gasteiger partial charge >= 0.3 is 0 Å². The zero-order valence-corrected chi connectivity index (χ0v) is 5.68. The molecule has 0 unspecified atom stereocenters. The van der Waals surface area contributed by atoms with E-state index in [0.29, 0.717) is 5.82 Å². The minimum Gasteiger partial charge on any atom is -0.249 e. The molecule has 2 heterocycles. The first-order valence-corrected chi connectivity index (χ1v) is 3.15. The third-order valence-electron chi connectivity index (χ3n) is 1.22. The Kier molecular flexibility index (Phi) is 1.37. The normalized spacial score (nSPS) is 9.82. The molecule has 4 heteroatoms. The summed E-state index contributed by atoms with van der Waals surface area (Å²) in [6.07, 6.45) is 9.37. The molecule has 2 aromatic heterocycles. The predicted octanol–water partition coefficient (Wildman–Crippen LogP) is 0.462. The van der Waals surface area contributed by atoms with Crippen LogP contribution in [0, 0.1) is 6.20 Å². The van der Waals surface area contributed by atoms with E-state index in [0.717, 1.165) is 0 Å². The van der Waals surface area contributed by atoms with E-state index in [1.165, 1.54) is 0 Å². The molecule has 0 fully saturated rings. The van der Waals surface area contributed by atoms with Gasteiger partial charge < -0.3 is 0 Å². The summed E-state index contributed by atoms with van der Waals surface area (Å²) in [5.41, 5.74) is 0. The van der Waals surface area contributed by atoms with Crippen molar-refractivity contribution >= 4 is 0 Å². The molecule has 0 aliphatic rings. The average Bonchev–Trinajstić information content (AvgIpc) is 2.58. The summed E-state index contributed by atoms with van der Waals surface area (Å²) in [6, 6.07) is 1.82. The Bertz CT molecular complexity index is 313. The Morgan fingerprint density at radius 2 is 2.27 bits per heavy atom. The van der Waals surface area contributed by atoms with E-state index in [-0.39, 0.29) is 0 Å². The molecular formula is C7H5N4. The first kappa shape index (κ1) is 6.03. The molecule has 0 aliphatic carbocycles. The van der Waals surface area contributed by atoms with E-state index in [4.69, 9.17) is 0 Å². The minimum atomic E-state index is 0.609. The van der Waals surface area contributed by atoms with Crippen LogP contribution in [-0.4, -0.2) is 19.7 Å². The van der Waals surface area contributed by atoms with Crippen molar-refractivity contribution in [3.05, 3.63) is 37.1 Å². The number of hydrogen-bond donors (Lipinski definition) is 0. The lowest BCUT2D eigenvalue weighted by Gasteiger charge is -1.94. The van der Waals surface area contributed by atoms with Gasteiger partial charge in [-0.1, -0.05) is 0 Å². The van der Waals surface area contributed by atoms with Crippen LogP contribution in [0.4, 0.5) is 0 Å². The quantitative estimate of drug-likeness (QED) is 0.585. The van der Waals surface area contributed by atoms with E-state index >= 15 is 0 Å². The predicted molar refractivity (Wildman–Crippen MR) is 38.0 cm³/mol. The van der Waals surface area contributed by atoms with Gasteiger partial charge in [-0.2, -0.15) is 5.10 Å². The second-order valence-corrected chi connectivity index (χ2v) is 1.94. The molecule has 0 N–H and O–H groups in total. The highest BCUT2D eigenvalue weighted by Crippen LogP contribution is 1.95. The van der Waals surface area contributed by atoms with Crippen molar-refractivity contribution < 1.29 is 0 Å². The number of rotatable bonds is 1. The standard InChI is InChI=1S/C7H5N4/c1-2-10-11(5-1)7-6-8-3-4-9-7/h1-5H. The van der Waals surface area contributed by atoms with Crippen LogP contribution in [0.15, 0.2) is 30.9 Å². The molecule has 2 rings (SSSR count). The van der Waals surface area contributed by atoms with Gasteiger partial charge in [0.25, 0.3) is 0 Å². The summed E-state index contributed by atoms with van der Waals surface area (Å²) in [7, 11) is 0. The number of hydrogen-bond acceptors (Lipinski definition) is 3. The molecule has 0 bridgehead atoms. The van der Waals surface area contributed by atoms with Crippen LogP contribution in [0.5, 0.6) is 0 Å². The van der Waals surface area contributed by atoms with E-state index in [9.17, 15) is 0 Å². The van der Waals surface area contributed by atoms with Crippen LogP contribution in [0.25, 0.3) is 5.82 Å². The minimum absolute atomic E-state index is 0.609. The second kappa shape index (κ2) is 2.49. The van der Waals surface area contributed by atoms with Crippen LogP contribution in [-0.2, 0) is 0 Å². The molecule has 4 nitrogen and oxygen atoms in total. The van der Waals surface area contributed by atoms with Gasteiger partial charge in [0.15, 0.2) is 5.82 Å². The molecule has 0 aliphatic heterocycles. The van der Waals surface area contributed by atoms with Crippen molar-refractivity contribution in [3.63, 3.8) is 0 Å². The highest BCUT2D eigenvalue weighted by Gasteiger charge is 1.94.